The molecule has 0 aliphatic carbocycles. The van der Waals surface area contributed by atoms with E-state index < -0.39 is 0 Å². The Balaban J connectivity index is 0.00000121. The largest absolute Gasteiger partial charge is 1.00 e. The second-order valence-corrected chi connectivity index (χ2v) is 5.23. The smallest absolute Gasteiger partial charge is 0.146 e. The second-order valence-electron chi connectivity index (χ2n) is 5.23. The van der Waals surface area contributed by atoms with Crippen molar-refractivity contribution in [3.8, 4) is 5.75 Å². The van der Waals surface area contributed by atoms with Crippen molar-refractivity contribution in [2.75, 3.05) is 13.1 Å². The Morgan fingerprint density at radius 3 is 2.64 bits per heavy atom. The van der Waals surface area contributed by atoms with E-state index in [-0.39, 0.29) is 30.6 Å². The van der Waals surface area contributed by atoms with E-state index in [0.717, 1.165) is 18.7 Å². The Kier molecular flexibility index (Phi) is 7.00. The molecule has 0 saturated carbocycles. The van der Waals surface area contributed by atoms with Crippen molar-refractivity contribution in [2.24, 2.45) is 5.18 Å². The lowest BCUT2D eigenvalue weighted by Gasteiger charge is -2.26. The van der Waals surface area contributed by atoms with Crippen molar-refractivity contribution in [1.29, 1.82) is 0 Å². The number of halogens is 2. The Labute approximate surface area is 141 Å². The van der Waals surface area contributed by atoms with Gasteiger partial charge >= 0.3 is 0 Å². The molecule has 120 valence electrons. The Bertz CT molecular complexity index is 646. The van der Waals surface area contributed by atoms with Gasteiger partial charge in [-0.05, 0) is 49.3 Å². The molecular weight excluding hydrogens is 325 g/mol. The topological polar surface area (TPSA) is 65.8 Å². The summed E-state index contributed by atoms with van der Waals surface area (Å²) < 4.78 is 0. The van der Waals surface area contributed by atoms with Gasteiger partial charge in [-0.2, -0.15) is 0 Å². The third kappa shape index (κ3) is 3.66. The molecule has 3 rings (SSSR count). The molecule has 0 spiro atoms. The molecule has 1 aromatic carbocycles. The third-order valence-electron chi connectivity index (χ3n) is 3.86. The molecule has 1 aromatic heterocycles. The van der Waals surface area contributed by atoms with Gasteiger partial charge in [-0.25, -0.2) is 0 Å². The first-order valence-electron chi connectivity index (χ1n) is 6.95. The molecule has 7 heteroatoms. The normalized spacial score (nSPS) is 14.9. The van der Waals surface area contributed by atoms with Gasteiger partial charge in [-0.1, -0.05) is 6.42 Å². The molecule has 1 aliphatic rings. The fourth-order valence-corrected chi connectivity index (χ4v) is 2.82. The van der Waals surface area contributed by atoms with E-state index in [1.165, 1.54) is 19.3 Å². The molecule has 1 saturated heterocycles. The van der Waals surface area contributed by atoms with E-state index in [1.54, 1.807) is 24.4 Å². The lowest BCUT2D eigenvalue weighted by atomic mass is 10.1. The third-order valence-corrected chi connectivity index (χ3v) is 3.86. The number of pyridine rings is 1. The number of hydrogen-bond acceptors (Lipinski definition) is 5. The number of aromatic nitrogens is 1. The molecule has 5 nitrogen and oxygen atoms in total. The van der Waals surface area contributed by atoms with Gasteiger partial charge in [0.25, 0.3) is 0 Å². The molecule has 0 amide bonds. The minimum atomic E-state index is 0. The van der Waals surface area contributed by atoms with Crippen LogP contribution in [-0.4, -0.2) is 28.1 Å². The SMILES string of the molecule is O=Nc1cc(CN2CCCCC2)c(O)c2ncccc12.[Cl-].[Cl-]. The molecule has 22 heavy (non-hydrogen) atoms. The zero-order valence-electron chi connectivity index (χ0n) is 12.0. The zero-order chi connectivity index (χ0) is 13.9. The Morgan fingerprint density at radius 1 is 1.23 bits per heavy atom. The lowest BCUT2D eigenvalue weighted by molar-refractivity contribution is -0.001000. The summed E-state index contributed by atoms with van der Waals surface area (Å²) in [5, 5.41) is 14.0. The Hall–Kier alpha value is -1.43. The predicted molar refractivity (Wildman–Crippen MR) is 78.0 cm³/mol. The van der Waals surface area contributed by atoms with Crippen molar-refractivity contribution in [3.63, 3.8) is 0 Å². The number of fused-ring (bicyclic) bond motifs is 1. The molecular formula is C15H17Cl2N3O2-2. The summed E-state index contributed by atoms with van der Waals surface area (Å²) in [6, 6.07) is 5.17. The summed E-state index contributed by atoms with van der Waals surface area (Å²) in [5.41, 5.74) is 1.53. The van der Waals surface area contributed by atoms with Crippen LogP contribution in [0.15, 0.2) is 29.6 Å². The fourth-order valence-electron chi connectivity index (χ4n) is 2.82. The number of phenols is 1. The number of nitrogens with zero attached hydrogens (tertiary/aromatic N) is 3. The monoisotopic (exact) mass is 341 g/mol. The van der Waals surface area contributed by atoms with Crippen molar-refractivity contribution in [1.82, 2.24) is 9.88 Å². The van der Waals surface area contributed by atoms with Gasteiger partial charge in [0, 0.05) is 23.7 Å². The minimum absolute atomic E-state index is 0. The molecule has 1 aliphatic heterocycles. The summed E-state index contributed by atoms with van der Waals surface area (Å²) in [6.45, 7) is 2.70. The van der Waals surface area contributed by atoms with E-state index in [1.807, 2.05) is 0 Å². The number of nitroso groups, excluding NO2 is 1. The number of piperidine rings is 1. The lowest BCUT2D eigenvalue weighted by Crippen LogP contribution is -3.00. The highest BCUT2D eigenvalue weighted by Crippen LogP contribution is 2.35. The number of benzene rings is 1. The van der Waals surface area contributed by atoms with Crippen LogP contribution in [0.3, 0.4) is 0 Å². The molecule has 0 atom stereocenters. The highest BCUT2D eigenvalue weighted by Gasteiger charge is 2.17. The van der Waals surface area contributed by atoms with Crippen LogP contribution < -0.4 is 24.8 Å². The van der Waals surface area contributed by atoms with Gasteiger partial charge in [0.2, 0.25) is 0 Å². The second kappa shape index (κ2) is 8.27. The average molecular weight is 342 g/mol. The molecule has 0 bridgehead atoms. The summed E-state index contributed by atoms with van der Waals surface area (Å²) >= 11 is 0. The van der Waals surface area contributed by atoms with Crippen molar-refractivity contribution in [3.05, 3.63) is 34.9 Å². The van der Waals surface area contributed by atoms with Gasteiger partial charge in [0.15, 0.2) is 0 Å². The van der Waals surface area contributed by atoms with Crippen molar-refractivity contribution < 1.29 is 29.9 Å². The quantitative estimate of drug-likeness (QED) is 0.618. The maximum absolute atomic E-state index is 11.0. The summed E-state index contributed by atoms with van der Waals surface area (Å²) in [4.78, 5) is 17.5. The van der Waals surface area contributed by atoms with E-state index in [0.29, 0.717) is 23.1 Å². The molecule has 2 aromatic rings. The molecule has 0 radical (unpaired) electrons. The molecule has 2 heterocycles. The number of rotatable bonds is 3. The van der Waals surface area contributed by atoms with Crippen LogP contribution in [0.2, 0.25) is 0 Å². The van der Waals surface area contributed by atoms with Crippen molar-refractivity contribution >= 4 is 16.6 Å². The van der Waals surface area contributed by atoms with E-state index in [9.17, 15) is 10.0 Å². The number of hydrogen-bond donors (Lipinski definition) is 1. The highest BCUT2D eigenvalue weighted by molar-refractivity contribution is 5.94. The minimum Gasteiger partial charge on any atom is -1.00 e. The first kappa shape index (κ1) is 18.6. The molecule has 1 N–H and O–H groups in total. The van der Waals surface area contributed by atoms with E-state index in [2.05, 4.69) is 15.1 Å². The maximum Gasteiger partial charge on any atom is 0.146 e. The number of aromatic hydroxyl groups is 1. The van der Waals surface area contributed by atoms with E-state index >= 15 is 0 Å². The van der Waals surface area contributed by atoms with E-state index in [4.69, 9.17) is 0 Å². The van der Waals surface area contributed by atoms with Gasteiger partial charge in [0.05, 0.1) is 0 Å². The maximum atomic E-state index is 11.0. The number of likely N-dealkylation sites (tertiary alicyclic amines) is 1. The van der Waals surface area contributed by atoms with Gasteiger partial charge < -0.3 is 29.9 Å². The first-order valence-corrected chi connectivity index (χ1v) is 6.95. The number of phenolic OH excluding ortho intramolecular Hbond substituents is 1. The molecule has 0 unspecified atom stereocenters. The van der Waals surface area contributed by atoms with Crippen molar-refractivity contribution in [2.45, 2.75) is 25.8 Å². The standard InChI is InChI=1S/C15H17N3O2.2ClH/c19-15-11(10-18-7-2-1-3-8-18)9-13(17-20)12-5-4-6-16-14(12)15;;/h4-6,9,19H,1-3,7-8,10H2;2*1H/p-2. The summed E-state index contributed by atoms with van der Waals surface area (Å²) in [6.07, 6.45) is 5.25. The van der Waals surface area contributed by atoms with Gasteiger partial charge in [0.1, 0.15) is 17.0 Å². The summed E-state index contributed by atoms with van der Waals surface area (Å²) in [5.74, 6) is 0.165. The predicted octanol–water partition coefficient (Wildman–Crippen LogP) is -2.67. The van der Waals surface area contributed by atoms with Crippen LogP contribution in [0.25, 0.3) is 10.9 Å². The molecule has 1 fully saturated rings. The highest BCUT2D eigenvalue weighted by atomic mass is 35.5. The van der Waals surface area contributed by atoms with Crippen LogP contribution in [0, 0.1) is 4.91 Å². The summed E-state index contributed by atoms with van der Waals surface area (Å²) in [7, 11) is 0. The van der Waals surface area contributed by atoms with Gasteiger partial charge in [-0.15, -0.1) is 4.91 Å². The zero-order valence-corrected chi connectivity index (χ0v) is 13.5. The van der Waals surface area contributed by atoms with Gasteiger partial charge in [-0.3, -0.25) is 9.88 Å². The van der Waals surface area contributed by atoms with Crippen LogP contribution >= 0.6 is 0 Å². The van der Waals surface area contributed by atoms with Crippen LogP contribution in [-0.2, 0) is 6.54 Å². The Morgan fingerprint density at radius 2 is 1.95 bits per heavy atom. The fraction of sp³-hybridized carbons (Fsp3) is 0.400. The first-order chi connectivity index (χ1) is 9.79. The van der Waals surface area contributed by atoms with Crippen LogP contribution in [0.1, 0.15) is 24.8 Å². The van der Waals surface area contributed by atoms with Crippen LogP contribution in [0.4, 0.5) is 5.69 Å². The average Bonchev–Trinajstić information content (AvgIpc) is 2.51. The van der Waals surface area contributed by atoms with Crippen LogP contribution in [0.5, 0.6) is 5.75 Å².